The Morgan fingerprint density at radius 2 is 1.87 bits per heavy atom. The lowest BCUT2D eigenvalue weighted by molar-refractivity contribution is 0.0454. The minimum Gasteiger partial charge on any atom is -0.508 e. The summed E-state index contributed by atoms with van der Waals surface area (Å²) in [5, 5.41) is 17.9. The van der Waals surface area contributed by atoms with Crippen LogP contribution in [-0.2, 0) is 0 Å². The Labute approximate surface area is 136 Å². The molecule has 0 radical (unpaired) electrons. The first-order valence-electron chi connectivity index (χ1n) is 8.60. The largest absolute Gasteiger partial charge is 0.508 e. The molecule has 0 bridgehead atoms. The second-order valence-corrected chi connectivity index (χ2v) is 6.88. The third-order valence-corrected chi connectivity index (χ3v) is 5.77. The summed E-state index contributed by atoms with van der Waals surface area (Å²) in [5.74, 6) is 1.11. The van der Waals surface area contributed by atoms with Crippen molar-refractivity contribution in [3.8, 4) is 5.75 Å². The Morgan fingerprint density at radius 1 is 1.04 bits per heavy atom. The molecule has 1 aliphatic carbocycles. The number of rotatable bonds is 2. The van der Waals surface area contributed by atoms with E-state index in [-0.39, 0.29) is 6.04 Å². The predicted octanol–water partition coefficient (Wildman–Crippen LogP) is 4.57. The fraction of sp³-hybridized carbons (Fsp3) is 0.474. The van der Waals surface area contributed by atoms with Crippen molar-refractivity contribution in [2.75, 3.05) is 6.54 Å². The highest BCUT2D eigenvalue weighted by atomic mass is 16.3. The molecule has 2 aromatic carbocycles. The molecule has 2 aliphatic rings. The van der Waals surface area contributed by atoms with Crippen LogP contribution in [0.25, 0.3) is 10.8 Å². The number of phenols is 1. The van der Waals surface area contributed by atoms with Crippen molar-refractivity contribution in [2.24, 2.45) is 11.2 Å². The van der Waals surface area contributed by atoms with Crippen LogP contribution in [0.4, 0.5) is 0 Å². The first kappa shape index (κ1) is 14.5. The molecule has 1 saturated carbocycles. The van der Waals surface area contributed by atoms with Crippen molar-refractivity contribution in [2.45, 2.75) is 44.1 Å². The zero-order chi connectivity index (χ0) is 15.8. The molecular formula is C19H22N2O2. The lowest BCUT2D eigenvalue weighted by Crippen LogP contribution is -2.47. The summed E-state index contributed by atoms with van der Waals surface area (Å²) < 4.78 is 0. The van der Waals surface area contributed by atoms with Gasteiger partial charge in [0.1, 0.15) is 5.75 Å². The maximum Gasteiger partial charge on any atom is 0.119 e. The molecule has 1 N–H and O–H groups in total. The number of nitroso groups, excluding NO2 is 1. The number of hydrogen-bond acceptors (Lipinski definition) is 3. The molecule has 120 valence electrons. The average Bonchev–Trinajstić information content (AvgIpc) is 2.61. The monoisotopic (exact) mass is 310 g/mol. The maximum absolute atomic E-state index is 11.2. The van der Waals surface area contributed by atoms with Crippen molar-refractivity contribution in [3.63, 3.8) is 0 Å². The smallest absolute Gasteiger partial charge is 0.119 e. The van der Waals surface area contributed by atoms with E-state index >= 15 is 0 Å². The van der Waals surface area contributed by atoms with Crippen LogP contribution in [0.5, 0.6) is 5.75 Å². The summed E-state index contributed by atoms with van der Waals surface area (Å²) in [6.45, 7) is 0.692. The highest BCUT2D eigenvalue weighted by molar-refractivity contribution is 5.88. The van der Waals surface area contributed by atoms with Gasteiger partial charge in [-0.15, -0.1) is 4.91 Å². The Bertz CT molecular complexity index is 730. The molecule has 0 spiro atoms. The van der Waals surface area contributed by atoms with Crippen molar-refractivity contribution >= 4 is 10.8 Å². The van der Waals surface area contributed by atoms with Crippen molar-refractivity contribution in [1.82, 2.24) is 5.01 Å². The minimum absolute atomic E-state index is 0.235. The number of hydrogen-bond donors (Lipinski definition) is 1. The van der Waals surface area contributed by atoms with Crippen LogP contribution in [0.2, 0.25) is 0 Å². The van der Waals surface area contributed by atoms with Gasteiger partial charge < -0.3 is 5.11 Å². The lowest BCUT2D eigenvalue weighted by Gasteiger charge is -2.45. The Morgan fingerprint density at radius 3 is 2.74 bits per heavy atom. The molecule has 3 unspecified atom stereocenters. The molecule has 2 aromatic rings. The first-order chi connectivity index (χ1) is 11.3. The number of piperidine rings is 1. The minimum atomic E-state index is 0.235. The van der Waals surface area contributed by atoms with Gasteiger partial charge in [-0.1, -0.05) is 43.2 Å². The second-order valence-electron chi connectivity index (χ2n) is 6.88. The van der Waals surface area contributed by atoms with Gasteiger partial charge in [0.15, 0.2) is 0 Å². The summed E-state index contributed by atoms with van der Waals surface area (Å²) in [7, 11) is 0. The summed E-state index contributed by atoms with van der Waals surface area (Å²) in [5.41, 5.74) is 1.07. The van der Waals surface area contributed by atoms with E-state index in [9.17, 15) is 10.0 Å². The molecule has 0 amide bonds. The van der Waals surface area contributed by atoms with Crippen LogP contribution in [0.1, 0.15) is 43.6 Å². The Balaban J connectivity index is 1.81. The van der Waals surface area contributed by atoms with Crippen LogP contribution in [-0.4, -0.2) is 22.7 Å². The van der Waals surface area contributed by atoms with Crippen molar-refractivity contribution in [3.05, 3.63) is 46.9 Å². The van der Waals surface area contributed by atoms with E-state index in [0.717, 1.165) is 30.2 Å². The van der Waals surface area contributed by atoms with E-state index in [4.69, 9.17) is 0 Å². The predicted molar refractivity (Wildman–Crippen MR) is 91.2 cm³/mol. The first-order valence-corrected chi connectivity index (χ1v) is 8.60. The van der Waals surface area contributed by atoms with Crippen LogP contribution in [0.3, 0.4) is 0 Å². The van der Waals surface area contributed by atoms with Gasteiger partial charge >= 0.3 is 0 Å². The average molecular weight is 310 g/mol. The van der Waals surface area contributed by atoms with Gasteiger partial charge in [0.2, 0.25) is 0 Å². The number of aromatic hydroxyl groups is 1. The van der Waals surface area contributed by atoms with E-state index in [2.05, 4.69) is 17.4 Å². The molecule has 0 aromatic heterocycles. The summed E-state index contributed by atoms with van der Waals surface area (Å²) >= 11 is 0. The van der Waals surface area contributed by atoms with Gasteiger partial charge in [-0.3, -0.25) is 5.01 Å². The van der Waals surface area contributed by atoms with Crippen LogP contribution in [0.15, 0.2) is 41.7 Å². The third kappa shape index (κ3) is 2.37. The molecule has 1 aliphatic heterocycles. The van der Waals surface area contributed by atoms with E-state index in [1.165, 1.54) is 18.2 Å². The second kappa shape index (κ2) is 5.84. The van der Waals surface area contributed by atoms with Crippen molar-refractivity contribution < 1.29 is 5.11 Å². The molecule has 1 saturated heterocycles. The van der Waals surface area contributed by atoms with E-state index < -0.39 is 0 Å². The van der Waals surface area contributed by atoms with Gasteiger partial charge in [-0.2, -0.15) is 0 Å². The van der Waals surface area contributed by atoms with Gasteiger partial charge in [-0.05, 0) is 47.9 Å². The van der Waals surface area contributed by atoms with Crippen LogP contribution >= 0.6 is 0 Å². The van der Waals surface area contributed by atoms with E-state index in [0.29, 0.717) is 24.1 Å². The van der Waals surface area contributed by atoms with Gasteiger partial charge in [-0.25, -0.2) is 0 Å². The summed E-state index contributed by atoms with van der Waals surface area (Å²) in [6, 6.07) is 12.3. The molecule has 4 rings (SSSR count). The quantitative estimate of drug-likeness (QED) is 0.826. The number of nitrogens with zero attached hydrogens (tertiary/aromatic N) is 2. The van der Waals surface area contributed by atoms with E-state index in [1.807, 2.05) is 24.3 Å². The standard InChI is InChI=1S/C19H22N2O2/c22-18-10-9-13-5-1-2-6-14(13)19(18)16-11-12-21(20-23)17-8-4-3-7-15(16)17/h1-2,5-6,9-10,15-17,22H,3-4,7-8,11-12H2. The summed E-state index contributed by atoms with van der Waals surface area (Å²) in [6.07, 6.45) is 5.41. The van der Waals surface area contributed by atoms with Crippen LogP contribution in [0, 0.1) is 10.8 Å². The van der Waals surface area contributed by atoms with Gasteiger partial charge in [0, 0.05) is 12.1 Å². The molecule has 1 heterocycles. The normalized spacial score (nSPS) is 27.7. The SMILES string of the molecule is O=NN1CCC(c2c(O)ccc3ccccc23)C2CCCCC21. The molecule has 4 heteroatoms. The highest BCUT2D eigenvalue weighted by Gasteiger charge is 2.41. The Hall–Kier alpha value is -2.10. The number of fused-ring (bicyclic) bond motifs is 2. The molecule has 3 atom stereocenters. The molecular weight excluding hydrogens is 288 g/mol. The van der Waals surface area contributed by atoms with E-state index in [1.54, 1.807) is 5.01 Å². The molecule has 4 nitrogen and oxygen atoms in total. The molecule has 23 heavy (non-hydrogen) atoms. The third-order valence-electron chi connectivity index (χ3n) is 5.77. The zero-order valence-corrected chi connectivity index (χ0v) is 13.2. The summed E-state index contributed by atoms with van der Waals surface area (Å²) in [4.78, 5) is 11.2. The number of benzene rings is 2. The highest BCUT2D eigenvalue weighted by Crippen LogP contribution is 2.48. The number of phenolic OH excluding ortho intramolecular Hbond substituents is 1. The van der Waals surface area contributed by atoms with Crippen molar-refractivity contribution in [1.29, 1.82) is 0 Å². The fourth-order valence-electron chi connectivity index (χ4n) is 4.76. The fourth-order valence-corrected chi connectivity index (χ4v) is 4.76. The topological polar surface area (TPSA) is 52.9 Å². The molecule has 2 fully saturated rings. The van der Waals surface area contributed by atoms with Gasteiger partial charge in [0.05, 0.1) is 11.3 Å². The van der Waals surface area contributed by atoms with Crippen LogP contribution < -0.4 is 0 Å². The lowest BCUT2D eigenvalue weighted by atomic mass is 9.69. The zero-order valence-electron chi connectivity index (χ0n) is 13.2. The van der Waals surface area contributed by atoms with Gasteiger partial charge in [0.25, 0.3) is 0 Å². The Kier molecular flexibility index (Phi) is 3.68. The maximum atomic E-state index is 11.2.